The van der Waals surface area contributed by atoms with Gasteiger partial charge in [0.15, 0.2) is 5.96 Å². The van der Waals surface area contributed by atoms with Gasteiger partial charge >= 0.3 is 0 Å². The molecule has 0 radical (unpaired) electrons. The Balaban J connectivity index is 0.00000450. The number of guanidine groups is 1. The van der Waals surface area contributed by atoms with E-state index in [2.05, 4.69) is 47.8 Å². The van der Waals surface area contributed by atoms with Gasteiger partial charge in [0.25, 0.3) is 0 Å². The highest BCUT2D eigenvalue weighted by molar-refractivity contribution is 14.0. The molecule has 0 amide bonds. The smallest absolute Gasteiger partial charge is 0.193 e. The molecular formula is C22H39ClIN5O. The Labute approximate surface area is 205 Å². The average Bonchev–Trinajstić information content (AvgIpc) is 2.73. The van der Waals surface area contributed by atoms with E-state index >= 15 is 0 Å². The van der Waals surface area contributed by atoms with Crippen LogP contribution in [-0.4, -0.2) is 93.2 Å². The Bertz CT molecular complexity index is 608. The number of likely N-dealkylation sites (N-methyl/N-ethyl adjacent to an activating group) is 2. The van der Waals surface area contributed by atoms with E-state index in [1.54, 1.807) is 0 Å². The van der Waals surface area contributed by atoms with Crippen LogP contribution >= 0.6 is 35.6 Å². The minimum atomic E-state index is 0. The molecule has 2 rings (SSSR count). The molecule has 0 spiro atoms. The van der Waals surface area contributed by atoms with E-state index in [0.29, 0.717) is 12.5 Å². The average molecular weight is 552 g/mol. The summed E-state index contributed by atoms with van der Waals surface area (Å²) in [7, 11) is 2.06. The largest absolute Gasteiger partial charge is 0.492 e. The second-order valence-corrected chi connectivity index (χ2v) is 8.20. The first-order valence-electron chi connectivity index (χ1n) is 10.8. The van der Waals surface area contributed by atoms with E-state index < -0.39 is 0 Å². The minimum Gasteiger partial charge on any atom is -0.492 e. The van der Waals surface area contributed by atoms with Gasteiger partial charge in [-0.15, -0.1) is 24.0 Å². The van der Waals surface area contributed by atoms with Crippen molar-refractivity contribution in [1.82, 2.24) is 20.0 Å². The number of hydrogen-bond donors (Lipinski definition) is 1. The first kappa shape index (κ1) is 27.3. The molecule has 8 heteroatoms. The minimum absolute atomic E-state index is 0. The van der Waals surface area contributed by atoms with E-state index in [4.69, 9.17) is 21.3 Å². The van der Waals surface area contributed by atoms with Gasteiger partial charge in [-0.2, -0.15) is 0 Å². The van der Waals surface area contributed by atoms with Gasteiger partial charge < -0.3 is 24.8 Å². The van der Waals surface area contributed by atoms with Crippen molar-refractivity contribution in [2.45, 2.75) is 20.8 Å². The number of nitrogens with one attached hydrogen (secondary N) is 1. The number of piperazine rings is 1. The second-order valence-electron chi connectivity index (χ2n) is 7.76. The van der Waals surface area contributed by atoms with Crippen molar-refractivity contribution >= 4 is 41.5 Å². The van der Waals surface area contributed by atoms with E-state index in [-0.39, 0.29) is 24.0 Å². The van der Waals surface area contributed by atoms with Crippen LogP contribution in [0.1, 0.15) is 20.8 Å². The van der Waals surface area contributed by atoms with Crippen LogP contribution in [-0.2, 0) is 0 Å². The van der Waals surface area contributed by atoms with Crippen LogP contribution in [0.25, 0.3) is 0 Å². The molecule has 0 aliphatic carbocycles. The monoisotopic (exact) mass is 551 g/mol. The Morgan fingerprint density at radius 1 is 1.17 bits per heavy atom. The van der Waals surface area contributed by atoms with E-state index in [1.807, 2.05) is 24.3 Å². The van der Waals surface area contributed by atoms with Crippen molar-refractivity contribution in [3.05, 3.63) is 29.3 Å². The summed E-state index contributed by atoms with van der Waals surface area (Å²) in [5, 5.41) is 4.11. The Morgan fingerprint density at radius 3 is 2.40 bits per heavy atom. The molecular weight excluding hydrogens is 513 g/mol. The van der Waals surface area contributed by atoms with E-state index in [0.717, 1.165) is 49.5 Å². The zero-order valence-electron chi connectivity index (χ0n) is 18.9. The molecule has 30 heavy (non-hydrogen) atoms. The molecule has 0 aromatic heterocycles. The SMILES string of the molecule is CCNC(=NCC(C)CN1CCN(CC)CC1)N(C)CCOc1ccc(Cl)cc1.I. The summed E-state index contributed by atoms with van der Waals surface area (Å²) in [5.74, 6) is 2.31. The number of ether oxygens (including phenoxy) is 1. The van der Waals surface area contributed by atoms with Crippen molar-refractivity contribution in [3.63, 3.8) is 0 Å². The molecule has 6 nitrogen and oxygen atoms in total. The van der Waals surface area contributed by atoms with Crippen LogP contribution < -0.4 is 10.1 Å². The second kappa shape index (κ2) is 15.1. The molecule has 1 atom stereocenters. The van der Waals surface area contributed by atoms with Gasteiger partial charge in [0.2, 0.25) is 0 Å². The number of halogens is 2. The Kier molecular flexibility index (Phi) is 13.7. The lowest BCUT2D eigenvalue weighted by molar-refractivity contribution is 0.125. The van der Waals surface area contributed by atoms with Gasteiger partial charge in [0.1, 0.15) is 12.4 Å². The lowest BCUT2D eigenvalue weighted by atomic mass is 10.1. The van der Waals surface area contributed by atoms with E-state index in [1.165, 1.54) is 26.2 Å². The third kappa shape index (κ3) is 10.0. The molecule has 1 unspecified atom stereocenters. The van der Waals surface area contributed by atoms with Gasteiger partial charge in [0, 0.05) is 57.9 Å². The zero-order chi connectivity index (χ0) is 21.1. The fourth-order valence-electron chi connectivity index (χ4n) is 3.44. The molecule has 1 aromatic rings. The van der Waals surface area contributed by atoms with Crippen LogP contribution in [0.2, 0.25) is 5.02 Å². The first-order chi connectivity index (χ1) is 14.0. The zero-order valence-corrected chi connectivity index (χ0v) is 22.0. The molecule has 1 aliphatic rings. The number of nitrogens with zero attached hydrogens (tertiary/aromatic N) is 4. The predicted molar refractivity (Wildman–Crippen MR) is 139 cm³/mol. The molecule has 1 fully saturated rings. The Hall–Kier alpha value is -0.770. The molecule has 0 saturated carbocycles. The third-order valence-corrected chi connectivity index (χ3v) is 5.49. The maximum absolute atomic E-state index is 5.91. The summed E-state index contributed by atoms with van der Waals surface area (Å²) < 4.78 is 5.81. The molecule has 172 valence electrons. The summed E-state index contributed by atoms with van der Waals surface area (Å²) in [6, 6.07) is 7.47. The van der Waals surface area contributed by atoms with Crippen molar-refractivity contribution < 1.29 is 4.74 Å². The quantitative estimate of drug-likeness (QED) is 0.274. The predicted octanol–water partition coefficient (Wildman–Crippen LogP) is 3.51. The van der Waals surface area contributed by atoms with E-state index in [9.17, 15) is 0 Å². The highest BCUT2D eigenvalue weighted by Crippen LogP contribution is 2.15. The normalized spacial score (nSPS) is 16.6. The highest BCUT2D eigenvalue weighted by atomic mass is 127. The summed E-state index contributed by atoms with van der Waals surface area (Å²) in [5.41, 5.74) is 0. The summed E-state index contributed by atoms with van der Waals surface area (Å²) in [6.45, 7) is 16.7. The lowest BCUT2D eigenvalue weighted by Gasteiger charge is -2.35. The lowest BCUT2D eigenvalue weighted by Crippen LogP contribution is -2.47. The molecule has 1 N–H and O–H groups in total. The molecule has 1 aliphatic heterocycles. The van der Waals surface area contributed by atoms with Gasteiger partial charge in [0.05, 0.1) is 6.54 Å². The van der Waals surface area contributed by atoms with Gasteiger partial charge in [-0.05, 0) is 43.7 Å². The number of aliphatic imine (C=N–C) groups is 1. The maximum Gasteiger partial charge on any atom is 0.193 e. The van der Waals surface area contributed by atoms with Gasteiger partial charge in [-0.25, -0.2) is 0 Å². The van der Waals surface area contributed by atoms with Crippen LogP contribution in [0.3, 0.4) is 0 Å². The highest BCUT2D eigenvalue weighted by Gasteiger charge is 2.17. The number of rotatable bonds is 10. The molecule has 1 saturated heterocycles. The van der Waals surface area contributed by atoms with Crippen LogP contribution in [0, 0.1) is 5.92 Å². The third-order valence-electron chi connectivity index (χ3n) is 5.24. The molecule has 1 heterocycles. The van der Waals surface area contributed by atoms with Crippen molar-refractivity contribution in [2.75, 3.05) is 72.6 Å². The van der Waals surface area contributed by atoms with Gasteiger partial charge in [-0.3, -0.25) is 4.99 Å². The van der Waals surface area contributed by atoms with Gasteiger partial charge in [-0.1, -0.05) is 25.4 Å². The number of benzene rings is 1. The summed E-state index contributed by atoms with van der Waals surface area (Å²) in [6.07, 6.45) is 0. The van der Waals surface area contributed by atoms with Crippen LogP contribution in [0.4, 0.5) is 0 Å². The van der Waals surface area contributed by atoms with Crippen molar-refractivity contribution in [2.24, 2.45) is 10.9 Å². The standard InChI is InChI=1S/C22H38ClN5O.HI/c1-5-24-22(26(4)15-16-29-21-9-7-20(23)8-10-21)25-17-19(3)18-28-13-11-27(6-2)12-14-28;/h7-10,19H,5-6,11-18H2,1-4H3,(H,24,25);1H. The maximum atomic E-state index is 5.91. The first-order valence-corrected chi connectivity index (χ1v) is 11.2. The molecule has 0 bridgehead atoms. The summed E-state index contributed by atoms with van der Waals surface area (Å²) in [4.78, 5) is 12.1. The van der Waals surface area contributed by atoms with Crippen molar-refractivity contribution in [3.8, 4) is 5.75 Å². The molecule has 1 aromatic carbocycles. The fourth-order valence-corrected chi connectivity index (χ4v) is 3.56. The summed E-state index contributed by atoms with van der Waals surface area (Å²) >= 11 is 5.91. The fraction of sp³-hybridized carbons (Fsp3) is 0.682. The topological polar surface area (TPSA) is 43.3 Å². The van der Waals surface area contributed by atoms with Crippen molar-refractivity contribution in [1.29, 1.82) is 0 Å². The number of hydrogen-bond acceptors (Lipinski definition) is 4. The van der Waals surface area contributed by atoms with Crippen LogP contribution in [0.15, 0.2) is 29.3 Å². The van der Waals surface area contributed by atoms with Crippen LogP contribution in [0.5, 0.6) is 5.75 Å². The Morgan fingerprint density at radius 2 is 1.80 bits per heavy atom.